The third-order valence-corrected chi connectivity index (χ3v) is 4.20. The minimum absolute atomic E-state index is 0.110. The number of amides is 1. The van der Waals surface area contributed by atoms with E-state index in [9.17, 15) is 4.79 Å². The summed E-state index contributed by atoms with van der Waals surface area (Å²) in [5, 5.41) is 3.66. The van der Waals surface area contributed by atoms with E-state index in [4.69, 9.17) is 5.73 Å². The predicted octanol–water partition coefficient (Wildman–Crippen LogP) is 1.98. The lowest BCUT2D eigenvalue weighted by Gasteiger charge is -2.29. The Morgan fingerprint density at radius 1 is 1.18 bits per heavy atom. The van der Waals surface area contributed by atoms with E-state index >= 15 is 0 Å². The zero-order chi connectivity index (χ0) is 12.1. The number of carbonyl (C=O) groups excluding carboxylic acids is 1. The van der Waals surface area contributed by atoms with Gasteiger partial charge in [0.25, 0.3) is 0 Å². The second-order valence-corrected chi connectivity index (χ2v) is 5.51. The zero-order valence-corrected chi connectivity index (χ0v) is 10.5. The van der Waals surface area contributed by atoms with E-state index in [1.54, 1.807) is 0 Å². The summed E-state index contributed by atoms with van der Waals surface area (Å²) in [6.07, 6.45) is 12.5. The minimum atomic E-state index is -0.110. The third kappa shape index (κ3) is 3.84. The summed E-state index contributed by atoms with van der Waals surface area (Å²) in [6.45, 7) is 1.14. The van der Waals surface area contributed by atoms with Crippen LogP contribution in [0.25, 0.3) is 0 Å². The Balaban J connectivity index is 1.64. The van der Waals surface area contributed by atoms with Crippen molar-refractivity contribution in [2.24, 2.45) is 17.6 Å². The van der Waals surface area contributed by atoms with Gasteiger partial charge in [0.05, 0.1) is 0 Å². The van der Waals surface area contributed by atoms with Crippen LogP contribution >= 0.6 is 0 Å². The molecule has 0 radical (unpaired) electrons. The van der Waals surface area contributed by atoms with Gasteiger partial charge in [-0.25, -0.2) is 0 Å². The van der Waals surface area contributed by atoms with Crippen LogP contribution in [0.5, 0.6) is 0 Å². The molecular weight excluding hydrogens is 212 g/mol. The molecule has 17 heavy (non-hydrogen) atoms. The molecule has 96 valence electrons. The number of nitrogens with two attached hydrogens (primary N) is 1. The average molecular weight is 236 g/mol. The molecule has 0 spiro atoms. The molecule has 0 aromatic carbocycles. The van der Waals surface area contributed by atoms with E-state index in [1.807, 2.05) is 0 Å². The quantitative estimate of drug-likeness (QED) is 0.733. The molecule has 3 N–H and O–H groups in total. The summed E-state index contributed by atoms with van der Waals surface area (Å²) in [7, 11) is 0. The Labute approximate surface area is 104 Å². The average Bonchev–Trinajstić information content (AvgIpc) is 2.38. The van der Waals surface area contributed by atoms with Gasteiger partial charge in [0.1, 0.15) is 0 Å². The Kier molecular flexibility index (Phi) is 4.60. The highest BCUT2D eigenvalue weighted by atomic mass is 16.1. The smallest absolute Gasteiger partial charge is 0.220 e. The Bertz CT molecular complexity index is 280. The predicted molar refractivity (Wildman–Crippen MR) is 69.4 cm³/mol. The van der Waals surface area contributed by atoms with Crippen LogP contribution in [0.3, 0.4) is 0 Å². The molecule has 1 atom stereocenters. The van der Waals surface area contributed by atoms with Gasteiger partial charge in [-0.05, 0) is 57.4 Å². The van der Waals surface area contributed by atoms with Crippen molar-refractivity contribution >= 4 is 5.91 Å². The zero-order valence-electron chi connectivity index (χ0n) is 10.5. The molecular formula is C14H24N2O. The van der Waals surface area contributed by atoms with Gasteiger partial charge in [0, 0.05) is 12.0 Å². The molecule has 0 aliphatic heterocycles. The van der Waals surface area contributed by atoms with Crippen LogP contribution in [0.4, 0.5) is 0 Å². The van der Waals surface area contributed by atoms with E-state index in [0.29, 0.717) is 6.04 Å². The van der Waals surface area contributed by atoms with Gasteiger partial charge in [0.15, 0.2) is 0 Å². The number of nitrogens with one attached hydrogen (secondary N) is 1. The maximum absolute atomic E-state index is 11.1. The summed E-state index contributed by atoms with van der Waals surface area (Å²) in [5.41, 5.74) is 5.34. The summed E-state index contributed by atoms with van der Waals surface area (Å²) in [5.74, 6) is 0.834. The van der Waals surface area contributed by atoms with Gasteiger partial charge in [0.2, 0.25) is 5.91 Å². The van der Waals surface area contributed by atoms with Gasteiger partial charge in [-0.1, -0.05) is 12.2 Å². The van der Waals surface area contributed by atoms with Crippen molar-refractivity contribution in [3.05, 3.63) is 12.2 Å². The van der Waals surface area contributed by atoms with Crippen molar-refractivity contribution in [3.63, 3.8) is 0 Å². The van der Waals surface area contributed by atoms with Crippen molar-refractivity contribution in [2.75, 3.05) is 6.54 Å². The van der Waals surface area contributed by atoms with Crippen molar-refractivity contribution in [1.82, 2.24) is 5.32 Å². The number of rotatable bonds is 4. The summed E-state index contributed by atoms with van der Waals surface area (Å²) >= 11 is 0. The fourth-order valence-corrected chi connectivity index (χ4v) is 2.96. The summed E-state index contributed by atoms with van der Waals surface area (Å²) < 4.78 is 0. The van der Waals surface area contributed by atoms with Gasteiger partial charge < -0.3 is 11.1 Å². The van der Waals surface area contributed by atoms with Crippen molar-refractivity contribution < 1.29 is 4.79 Å². The fourth-order valence-electron chi connectivity index (χ4n) is 2.96. The molecule has 1 saturated carbocycles. The fraction of sp³-hybridized carbons (Fsp3) is 0.786. The van der Waals surface area contributed by atoms with Crippen molar-refractivity contribution in [1.29, 1.82) is 0 Å². The Hall–Kier alpha value is -0.830. The lowest BCUT2D eigenvalue weighted by atomic mass is 9.85. The molecule has 0 bridgehead atoms. The first-order valence-corrected chi connectivity index (χ1v) is 6.93. The monoisotopic (exact) mass is 236 g/mol. The van der Waals surface area contributed by atoms with Crippen LogP contribution in [-0.2, 0) is 4.79 Å². The highest BCUT2D eigenvalue weighted by Crippen LogP contribution is 2.24. The Morgan fingerprint density at radius 2 is 1.94 bits per heavy atom. The molecule has 0 aromatic heterocycles. The minimum Gasteiger partial charge on any atom is -0.369 e. The maximum Gasteiger partial charge on any atom is 0.220 e. The largest absolute Gasteiger partial charge is 0.369 e. The van der Waals surface area contributed by atoms with Gasteiger partial charge in [-0.15, -0.1) is 0 Å². The molecule has 0 aromatic rings. The molecule has 2 aliphatic carbocycles. The molecule has 3 nitrogen and oxygen atoms in total. The second-order valence-electron chi connectivity index (χ2n) is 5.51. The highest BCUT2D eigenvalue weighted by Gasteiger charge is 2.24. The van der Waals surface area contributed by atoms with Gasteiger partial charge >= 0.3 is 0 Å². The van der Waals surface area contributed by atoms with Crippen molar-refractivity contribution in [2.45, 2.75) is 51.0 Å². The van der Waals surface area contributed by atoms with E-state index in [0.717, 1.165) is 38.1 Å². The second kappa shape index (κ2) is 6.20. The first kappa shape index (κ1) is 12.6. The van der Waals surface area contributed by atoms with E-state index in [1.165, 1.54) is 19.3 Å². The van der Waals surface area contributed by atoms with Crippen molar-refractivity contribution in [3.8, 4) is 0 Å². The molecule has 1 amide bonds. The highest BCUT2D eigenvalue weighted by molar-refractivity contribution is 5.76. The summed E-state index contributed by atoms with van der Waals surface area (Å²) in [4.78, 5) is 11.1. The van der Waals surface area contributed by atoms with E-state index < -0.39 is 0 Å². The molecule has 3 heteroatoms. The first-order valence-electron chi connectivity index (χ1n) is 6.93. The number of allylic oxidation sites excluding steroid dienone is 2. The Morgan fingerprint density at radius 3 is 2.53 bits per heavy atom. The normalized spacial score (nSPS) is 33.5. The number of hydrogen-bond acceptors (Lipinski definition) is 2. The third-order valence-electron chi connectivity index (χ3n) is 4.20. The molecule has 0 heterocycles. The molecule has 2 rings (SSSR count). The van der Waals surface area contributed by atoms with Crippen LogP contribution in [0.2, 0.25) is 0 Å². The lowest BCUT2D eigenvalue weighted by molar-refractivity contribution is -0.122. The van der Waals surface area contributed by atoms with Gasteiger partial charge in [-0.3, -0.25) is 4.79 Å². The van der Waals surface area contributed by atoms with E-state index in [2.05, 4.69) is 17.5 Å². The number of primary amides is 1. The molecule has 1 fully saturated rings. The molecule has 2 aliphatic rings. The standard InChI is InChI=1S/C14H24N2O/c15-14(17)12-6-8-13(9-7-12)16-10-11-4-2-1-3-5-11/h1-2,11-13,16H,3-10H2,(H2,15,17). The van der Waals surface area contributed by atoms with Crippen LogP contribution in [0.15, 0.2) is 12.2 Å². The van der Waals surface area contributed by atoms with Crippen LogP contribution < -0.4 is 11.1 Å². The SMILES string of the molecule is NC(=O)C1CCC(NCC2CC=CCC2)CC1. The lowest BCUT2D eigenvalue weighted by Crippen LogP contribution is -2.38. The van der Waals surface area contributed by atoms with Crippen LogP contribution in [0, 0.1) is 11.8 Å². The summed E-state index contributed by atoms with van der Waals surface area (Å²) in [6, 6.07) is 0.608. The molecule has 0 saturated heterocycles. The van der Waals surface area contributed by atoms with E-state index in [-0.39, 0.29) is 11.8 Å². The maximum atomic E-state index is 11.1. The van der Waals surface area contributed by atoms with Gasteiger partial charge in [-0.2, -0.15) is 0 Å². The number of hydrogen-bond donors (Lipinski definition) is 2. The molecule has 1 unspecified atom stereocenters. The topological polar surface area (TPSA) is 55.1 Å². The first-order chi connectivity index (χ1) is 8.25. The van der Waals surface area contributed by atoms with Crippen LogP contribution in [-0.4, -0.2) is 18.5 Å². The number of carbonyl (C=O) groups is 1. The van der Waals surface area contributed by atoms with Crippen LogP contribution in [0.1, 0.15) is 44.9 Å².